The van der Waals surface area contributed by atoms with Crippen LogP contribution in [0.4, 0.5) is 8.78 Å². The van der Waals surface area contributed by atoms with Gasteiger partial charge in [-0.3, -0.25) is 10.1 Å². The van der Waals surface area contributed by atoms with Gasteiger partial charge in [0.2, 0.25) is 0 Å². The molecule has 0 saturated carbocycles. The summed E-state index contributed by atoms with van der Waals surface area (Å²) in [6, 6.07) is 5.65. The molecule has 1 aromatic rings. The van der Waals surface area contributed by atoms with E-state index in [-0.39, 0.29) is 11.1 Å². The van der Waals surface area contributed by atoms with Crippen LogP contribution in [0.25, 0.3) is 0 Å². The van der Waals surface area contributed by atoms with Crippen LogP contribution in [0.3, 0.4) is 0 Å². The zero-order chi connectivity index (χ0) is 13.1. The number of ether oxygens (including phenoxy) is 1. The van der Waals surface area contributed by atoms with Crippen molar-refractivity contribution in [3.63, 3.8) is 0 Å². The second-order valence-electron chi connectivity index (χ2n) is 3.72. The van der Waals surface area contributed by atoms with E-state index in [4.69, 9.17) is 5.11 Å². The number of halogens is 2. The van der Waals surface area contributed by atoms with E-state index in [1.165, 1.54) is 23.9 Å². The molecule has 1 fully saturated rings. The lowest BCUT2D eigenvalue weighted by Crippen LogP contribution is -2.33. The standard InChI is InChI=1S/C11H11F2NO3S/c12-11(13)17-7-3-1-2-6(4-7)9-14-8(5-18-9)10(15)16/h1-4,8-9,11,14H,5H2,(H,15,16)/t8-,9+/m1/s1. The Hall–Kier alpha value is -1.34. The molecule has 0 bridgehead atoms. The normalized spacial score (nSPS) is 23.3. The first-order valence-corrected chi connectivity index (χ1v) is 6.26. The fraction of sp³-hybridized carbons (Fsp3) is 0.364. The van der Waals surface area contributed by atoms with Gasteiger partial charge in [0.05, 0.1) is 5.37 Å². The molecule has 2 N–H and O–H groups in total. The van der Waals surface area contributed by atoms with Crippen molar-refractivity contribution in [2.45, 2.75) is 18.0 Å². The molecule has 18 heavy (non-hydrogen) atoms. The summed E-state index contributed by atoms with van der Waals surface area (Å²) < 4.78 is 28.5. The average molecular weight is 275 g/mol. The highest BCUT2D eigenvalue weighted by molar-refractivity contribution is 7.99. The number of carbonyl (C=O) groups is 1. The van der Waals surface area contributed by atoms with Gasteiger partial charge in [0, 0.05) is 5.75 Å². The molecular formula is C11H11F2NO3S. The number of rotatable bonds is 4. The second kappa shape index (κ2) is 5.53. The van der Waals surface area contributed by atoms with Crippen molar-refractivity contribution >= 4 is 17.7 Å². The second-order valence-corrected chi connectivity index (χ2v) is 4.86. The molecule has 0 spiro atoms. The molecule has 2 rings (SSSR count). The zero-order valence-electron chi connectivity index (χ0n) is 9.18. The van der Waals surface area contributed by atoms with E-state index < -0.39 is 18.6 Å². The highest BCUT2D eigenvalue weighted by atomic mass is 32.2. The van der Waals surface area contributed by atoms with Crippen LogP contribution in [0.2, 0.25) is 0 Å². The maximum absolute atomic E-state index is 12.1. The summed E-state index contributed by atoms with van der Waals surface area (Å²) in [7, 11) is 0. The SMILES string of the molecule is O=C(O)[C@H]1CS[C@@H](c2cccc(OC(F)F)c2)N1. The van der Waals surface area contributed by atoms with Crippen LogP contribution < -0.4 is 10.1 Å². The first kappa shape index (κ1) is 13.1. The van der Waals surface area contributed by atoms with Gasteiger partial charge >= 0.3 is 12.6 Å². The average Bonchev–Trinajstić information content (AvgIpc) is 2.77. The number of alkyl halides is 2. The largest absolute Gasteiger partial charge is 0.480 e. The predicted octanol–water partition coefficient (Wildman–Crippen LogP) is 2.08. The summed E-state index contributed by atoms with van der Waals surface area (Å²) in [4.78, 5) is 10.8. The molecule has 1 aliphatic heterocycles. The summed E-state index contributed by atoms with van der Waals surface area (Å²) in [6.07, 6.45) is 0. The highest BCUT2D eigenvalue weighted by Crippen LogP contribution is 2.34. The summed E-state index contributed by atoms with van der Waals surface area (Å²) in [5, 5.41) is 11.5. The maximum atomic E-state index is 12.1. The summed E-state index contributed by atoms with van der Waals surface area (Å²) in [5.74, 6) is -0.395. The monoisotopic (exact) mass is 275 g/mol. The van der Waals surface area contributed by atoms with Gasteiger partial charge in [-0.1, -0.05) is 12.1 Å². The number of hydrogen-bond acceptors (Lipinski definition) is 4. The van der Waals surface area contributed by atoms with Gasteiger partial charge < -0.3 is 9.84 Å². The van der Waals surface area contributed by atoms with Crippen molar-refractivity contribution < 1.29 is 23.4 Å². The van der Waals surface area contributed by atoms with E-state index in [2.05, 4.69) is 10.1 Å². The minimum absolute atomic E-state index is 0.0728. The van der Waals surface area contributed by atoms with Crippen LogP contribution in [0, 0.1) is 0 Å². The number of thioether (sulfide) groups is 1. The summed E-state index contributed by atoms with van der Waals surface area (Å²) in [6.45, 7) is -2.86. The molecular weight excluding hydrogens is 264 g/mol. The Morgan fingerprint density at radius 1 is 1.56 bits per heavy atom. The molecule has 4 nitrogen and oxygen atoms in total. The van der Waals surface area contributed by atoms with Crippen molar-refractivity contribution in [3.05, 3.63) is 29.8 Å². The van der Waals surface area contributed by atoms with E-state index in [0.717, 1.165) is 5.56 Å². The van der Waals surface area contributed by atoms with Crippen molar-refractivity contribution in [1.82, 2.24) is 5.32 Å². The van der Waals surface area contributed by atoms with Crippen LogP contribution in [0.5, 0.6) is 5.75 Å². The Bertz CT molecular complexity index is 444. The number of aliphatic carboxylic acids is 1. The molecule has 98 valence electrons. The van der Waals surface area contributed by atoms with Gasteiger partial charge in [-0.05, 0) is 17.7 Å². The Balaban J connectivity index is 2.07. The molecule has 0 amide bonds. The van der Waals surface area contributed by atoms with E-state index in [9.17, 15) is 13.6 Å². The Labute approximate surface area is 106 Å². The Morgan fingerprint density at radius 3 is 2.94 bits per heavy atom. The molecule has 1 saturated heterocycles. The Kier molecular flexibility index (Phi) is 4.03. The molecule has 0 aliphatic carbocycles. The number of benzene rings is 1. The third kappa shape index (κ3) is 3.11. The van der Waals surface area contributed by atoms with Crippen LogP contribution in [0.15, 0.2) is 24.3 Å². The third-order valence-electron chi connectivity index (χ3n) is 2.47. The van der Waals surface area contributed by atoms with Gasteiger partial charge in [-0.25, -0.2) is 0 Å². The van der Waals surface area contributed by atoms with Gasteiger partial charge in [0.1, 0.15) is 11.8 Å². The molecule has 0 radical (unpaired) electrons. The van der Waals surface area contributed by atoms with E-state index in [0.29, 0.717) is 5.75 Å². The number of hydrogen-bond donors (Lipinski definition) is 2. The topological polar surface area (TPSA) is 58.6 Å². The summed E-state index contributed by atoms with van der Waals surface area (Å²) in [5.41, 5.74) is 0.724. The van der Waals surface area contributed by atoms with E-state index >= 15 is 0 Å². The fourth-order valence-corrected chi connectivity index (χ4v) is 2.88. The molecule has 1 aliphatic rings. The minimum atomic E-state index is -2.86. The summed E-state index contributed by atoms with van der Waals surface area (Å²) >= 11 is 1.42. The lowest BCUT2D eigenvalue weighted by Gasteiger charge is -2.12. The highest BCUT2D eigenvalue weighted by Gasteiger charge is 2.30. The first-order valence-electron chi connectivity index (χ1n) is 5.21. The number of carboxylic acids is 1. The van der Waals surface area contributed by atoms with Crippen LogP contribution in [0.1, 0.15) is 10.9 Å². The Morgan fingerprint density at radius 2 is 2.33 bits per heavy atom. The fourth-order valence-electron chi connectivity index (χ4n) is 1.66. The van der Waals surface area contributed by atoms with Gasteiger partial charge in [-0.15, -0.1) is 11.8 Å². The van der Waals surface area contributed by atoms with Gasteiger partial charge in [0.15, 0.2) is 0 Å². The van der Waals surface area contributed by atoms with Gasteiger partial charge in [-0.2, -0.15) is 8.78 Å². The zero-order valence-corrected chi connectivity index (χ0v) is 9.99. The van der Waals surface area contributed by atoms with Crippen molar-refractivity contribution in [2.75, 3.05) is 5.75 Å². The van der Waals surface area contributed by atoms with E-state index in [1.807, 2.05) is 0 Å². The lowest BCUT2D eigenvalue weighted by atomic mass is 10.2. The first-order chi connectivity index (χ1) is 8.56. The molecule has 7 heteroatoms. The molecule has 1 aromatic carbocycles. The van der Waals surface area contributed by atoms with Crippen LogP contribution in [-0.2, 0) is 4.79 Å². The third-order valence-corrected chi connectivity index (χ3v) is 3.73. The van der Waals surface area contributed by atoms with Crippen LogP contribution in [-0.4, -0.2) is 29.5 Å². The molecule has 0 unspecified atom stereocenters. The van der Waals surface area contributed by atoms with Crippen molar-refractivity contribution in [3.8, 4) is 5.75 Å². The minimum Gasteiger partial charge on any atom is -0.480 e. The predicted molar refractivity (Wildman–Crippen MR) is 62.8 cm³/mol. The van der Waals surface area contributed by atoms with Crippen molar-refractivity contribution in [2.24, 2.45) is 0 Å². The maximum Gasteiger partial charge on any atom is 0.387 e. The molecule has 2 atom stereocenters. The quantitative estimate of drug-likeness (QED) is 0.881. The van der Waals surface area contributed by atoms with E-state index in [1.54, 1.807) is 12.1 Å². The smallest absolute Gasteiger partial charge is 0.387 e. The van der Waals surface area contributed by atoms with Gasteiger partial charge in [0.25, 0.3) is 0 Å². The lowest BCUT2D eigenvalue weighted by molar-refractivity contribution is -0.138. The number of carboxylic acid groups (broad SMARTS) is 1. The molecule has 0 aromatic heterocycles. The molecule has 1 heterocycles. The number of nitrogens with one attached hydrogen (secondary N) is 1. The van der Waals surface area contributed by atoms with Crippen LogP contribution >= 0.6 is 11.8 Å². The van der Waals surface area contributed by atoms with Crippen molar-refractivity contribution in [1.29, 1.82) is 0 Å².